The second-order valence-corrected chi connectivity index (χ2v) is 53.5. The molecule has 5 unspecified atom stereocenters. The summed E-state index contributed by atoms with van der Waals surface area (Å²) in [5.41, 5.74) is -1.29. The van der Waals surface area contributed by atoms with Crippen LogP contribution in [0.25, 0.3) is 0 Å². The fourth-order valence-electron chi connectivity index (χ4n) is 21.7. The molecule has 27 nitrogen and oxygen atoms in total. The lowest BCUT2D eigenvalue weighted by Gasteiger charge is -2.35. The van der Waals surface area contributed by atoms with Crippen LogP contribution < -0.4 is 21.3 Å². The van der Waals surface area contributed by atoms with Crippen LogP contribution in [-0.4, -0.2) is 309 Å². The molecule has 4 N–H and O–H groups in total. The minimum absolute atomic E-state index is 0.000749. The molecule has 0 spiro atoms. The fraction of sp³-hybridized carbons (Fsp3) is 0.918. The second kappa shape index (κ2) is 76.5. The van der Waals surface area contributed by atoms with E-state index in [4.69, 9.17) is 14.2 Å². The molecule has 0 bridgehead atoms. The molecule has 10 amide bonds. The predicted octanol–water partition coefficient (Wildman–Crippen LogP) is 23.5. The van der Waals surface area contributed by atoms with Gasteiger partial charge in [-0.15, -0.1) is 0 Å². The van der Waals surface area contributed by atoms with E-state index >= 15 is 0 Å². The van der Waals surface area contributed by atoms with Crippen LogP contribution in [0.15, 0.2) is 0 Å². The number of hydrogen-bond acceptors (Lipinski definition) is 17. The van der Waals surface area contributed by atoms with Gasteiger partial charge in [0, 0.05) is 164 Å². The van der Waals surface area contributed by atoms with E-state index in [2.05, 4.69) is 192 Å². The molecule has 12 aliphatic heterocycles. The zero-order valence-electron chi connectivity index (χ0n) is 103. The third-order valence-corrected chi connectivity index (χ3v) is 28.3. The predicted molar refractivity (Wildman–Crippen MR) is 619 cm³/mol. The summed E-state index contributed by atoms with van der Waals surface area (Å²) >= 11 is 0. The average molecular weight is 2110 g/mol. The van der Waals surface area contributed by atoms with Gasteiger partial charge in [-0.2, -0.15) is 0 Å². The van der Waals surface area contributed by atoms with Crippen LogP contribution in [-0.2, 0) is 47.8 Å². The molecule has 12 fully saturated rings. The SMILES string of the molecule is CC(=O)N1CCC(CC(C)C)CC1.CC(=O)N1CCCC(CC(C)C)C1.CC(C)CC1CCCN(C(=O)OC(C)(C)C)C1.CC(C)CC1CCCNC1.CC(C)CC1CCN(C(=O)OC(C)(C)C)CC1.CC(C)CC1CCN(C)C1=O.CC(C)CC1CCNC1=O.CC(C)CC1CCNCC1.CC(C)CN1CCCC1.CC(C)CN1CCCC1=O.CC(C)CN1CCN(C(=O)OC(C)(C)C)CC1=O.CC(C)CN1CCNCC1=O. The highest BCUT2D eigenvalue weighted by Crippen LogP contribution is 2.32. The van der Waals surface area contributed by atoms with Crippen molar-refractivity contribution in [2.75, 3.05) is 184 Å². The summed E-state index contributed by atoms with van der Waals surface area (Å²) in [5.74, 6) is 15.9. The van der Waals surface area contributed by atoms with Crippen LogP contribution in [0.3, 0.4) is 0 Å². The van der Waals surface area contributed by atoms with Crippen LogP contribution in [0.1, 0.15) is 409 Å². The minimum Gasteiger partial charge on any atom is -0.444 e. The third-order valence-electron chi connectivity index (χ3n) is 28.3. The van der Waals surface area contributed by atoms with Crippen molar-refractivity contribution in [1.82, 2.24) is 70.3 Å². The summed E-state index contributed by atoms with van der Waals surface area (Å²) < 4.78 is 16.1. The monoisotopic (exact) mass is 2110 g/mol. The molecule has 12 rings (SSSR count). The Hall–Kier alpha value is -6.06. The van der Waals surface area contributed by atoms with E-state index in [9.17, 15) is 47.9 Å². The number of ether oxygens (including phenoxy) is 3. The first-order valence-electron chi connectivity index (χ1n) is 60.1. The fourth-order valence-corrected chi connectivity index (χ4v) is 21.7. The Morgan fingerprint density at radius 1 is 0.302 bits per heavy atom. The number of rotatable bonds is 24. The first-order chi connectivity index (χ1) is 69.5. The van der Waals surface area contributed by atoms with Crippen LogP contribution in [0.5, 0.6) is 0 Å². The Balaban J connectivity index is 0.000000818. The maximum absolute atomic E-state index is 11.9. The number of nitrogens with one attached hydrogen (secondary N) is 4. The zero-order chi connectivity index (χ0) is 113. The van der Waals surface area contributed by atoms with Gasteiger partial charge in [-0.25, -0.2) is 14.4 Å². The lowest BCUT2D eigenvalue weighted by molar-refractivity contribution is -0.136. The molecular formula is C122H238N14O13. The van der Waals surface area contributed by atoms with E-state index < -0.39 is 11.7 Å². The van der Waals surface area contributed by atoms with Gasteiger partial charge in [0.1, 0.15) is 23.3 Å². The van der Waals surface area contributed by atoms with Crippen molar-refractivity contribution in [3.63, 3.8) is 0 Å². The highest BCUT2D eigenvalue weighted by atomic mass is 16.6. The molecule has 0 aromatic carbocycles. The number of piperidine rings is 6. The maximum atomic E-state index is 11.9. The van der Waals surface area contributed by atoms with Gasteiger partial charge in [0.25, 0.3) is 0 Å². The maximum Gasteiger partial charge on any atom is 0.410 e. The van der Waals surface area contributed by atoms with Gasteiger partial charge < -0.3 is 79.6 Å². The van der Waals surface area contributed by atoms with Crippen molar-refractivity contribution in [2.45, 2.75) is 426 Å². The molecule has 874 valence electrons. The third kappa shape index (κ3) is 71.7. The molecule has 5 atom stereocenters. The van der Waals surface area contributed by atoms with E-state index in [0.29, 0.717) is 84.7 Å². The van der Waals surface area contributed by atoms with E-state index in [-0.39, 0.29) is 59.5 Å². The molecular weight excluding hydrogens is 1870 g/mol. The summed E-state index contributed by atoms with van der Waals surface area (Å²) in [6.45, 7) is 99.0. The van der Waals surface area contributed by atoms with Crippen molar-refractivity contribution in [3.05, 3.63) is 0 Å². The molecule has 0 radical (unpaired) electrons. The number of likely N-dealkylation sites (tertiary alicyclic amines) is 7. The van der Waals surface area contributed by atoms with E-state index in [1.165, 1.54) is 160 Å². The van der Waals surface area contributed by atoms with Gasteiger partial charge in [0.05, 0.1) is 6.54 Å². The first kappa shape index (κ1) is 141. The van der Waals surface area contributed by atoms with Crippen molar-refractivity contribution >= 4 is 59.6 Å². The Labute approximate surface area is 915 Å². The van der Waals surface area contributed by atoms with Gasteiger partial charge in [-0.3, -0.25) is 38.5 Å². The molecule has 0 saturated carbocycles. The number of amides is 10. The molecule has 27 heteroatoms. The number of carbonyl (C=O) groups excluding carboxylic acids is 10. The van der Waals surface area contributed by atoms with Crippen LogP contribution in [0.4, 0.5) is 14.4 Å². The average Bonchev–Trinajstić information content (AvgIpc) is 1.29. The quantitative estimate of drug-likeness (QED) is 0.0654. The normalized spacial score (nSPS) is 21.4. The zero-order valence-corrected chi connectivity index (χ0v) is 103. The lowest BCUT2D eigenvalue weighted by Crippen LogP contribution is -2.53. The second-order valence-electron chi connectivity index (χ2n) is 53.5. The number of nitrogens with zero attached hydrogens (tertiary/aromatic N) is 10. The highest BCUT2D eigenvalue weighted by Gasteiger charge is 2.36. The molecule has 12 aliphatic rings. The van der Waals surface area contributed by atoms with Gasteiger partial charge in [0.2, 0.25) is 41.4 Å². The Bertz CT molecular complexity index is 3510. The van der Waals surface area contributed by atoms with Gasteiger partial charge in [0.15, 0.2) is 0 Å². The number of piperazine rings is 2. The molecule has 12 heterocycles. The Morgan fingerprint density at radius 3 is 1.07 bits per heavy atom. The lowest BCUT2D eigenvalue weighted by atomic mass is 9.89. The summed E-state index contributed by atoms with van der Waals surface area (Å²) in [5, 5.41) is 12.7. The first-order valence-corrected chi connectivity index (χ1v) is 60.1. The van der Waals surface area contributed by atoms with Crippen LogP contribution in [0, 0.1) is 118 Å². The van der Waals surface area contributed by atoms with Crippen molar-refractivity contribution in [3.8, 4) is 0 Å². The standard InChI is InChI=1S/2C14H27NO2.C13H24N2O3.2C11H21NO.C9H17NO.2C9H19N.C8H16N2O.2C8H15NO.C8H17N/c1-11(2)10-12-6-8-15(9-7-12)13(16)17-14(3,4)5;1-11(2)9-12-7-6-8-15(10-12)13(16)17-14(3,4)5;1-10(2)8-14-6-7-15(9-11(14)16)12(17)18-13(3,4)5;1-9(2)8-11-4-6-12(7-5-11)10(3)13;1-9(2)7-11-5-4-6-12(8-11)10(3)13;1-7(2)6-8-4-5-10(3)9(8)11;1-8(2)7-9-3-5-10-6-4-9;1-8(2)6-9-4-3-5-10-7-9;1-7(2)6-10-4-3-9-5-8(10)11;1-6(2)5-7-3-4-9-8(7)10;1-7(2)6-9-5-3-4-8(9)10;1-8(2)7-9-5-3-4-6-9/h2*11-12H,6-10H2,1-5H3;10H,6-9H2,1-5H3;2*9,11H,4-8H2,1-3H3;7-8H,4-6H2,1-3H3;2*8-10H,3-7H2,1-2H3;7,9H,3-6H2,1-2H3;6-7H,3-5H2,1-2H3,(H,9,10);7H,3-6H2,1-2H3;8H,3-7H2,1-2H3. The molecule has 0 aromatic heterocycles. The van der Waals surface area contributed by atoms with Gasteiger partial charge in [-0.05, 0) is 369 Å². The molecule has 0 aromatic rings. The summed E-state index contributed by atoms with van der Waals surface area (Å²) in [6, 6.07) is 0. The molecule has 149 heavy (non-hydrogen) atoms. The Kier molecular flexibility index (Phi) is 72.4. The van der Waals surface area contributed by atoms with Crippen molar-refractivity contribution in [2.24, 2.45) is 118 Å². The van der Waals surface area contributed by atoms with Crippen molar-refractivity contribution < 1.29 is 62.2 Å². The smallest absolute Gasteiger partial charge is 0.410 e. The number of hydrogen-bond donors (Lipinski definition) is 4. The van der Waals surface area contributed by atoms with E-state index in [1.807, 2.05) is 109 Å². The summed E-state index contributed by atoms with van der Waals surface area (Å²) in [4.78, 5) is 134. The summed E-state index contributed by atoms with van der Waals surface area (Å²) in [7, 11) is 1.89. The topological polar surface area (TPSA) is 279 Å². The van der Waals surface area contributed by atoms with Crippen LogP contribution >= 0.6 is 0 Å². The van der Waals surface area contributed by atoms with Crippen molar-refractivity contribution in [1.29, 1.82) is 0 Å². The summed E-state index contributed by atoms with van der Waals surface area (Å²) in [6.07, 6.45) is 31.3. The Morgan fingerprint density at radius 2 is 0.691 bits per heavy atom. The molecule has 0 aliphatic carbocycles. The van der Waals surface area contributed by atoms with Crippen LogP contribution in [0.2, 0.25) is 0 Å². The highest BCUT2D eigenvalue weighted by molar-refractivity contribution is 5.84. The van der Waals surface area contributed by atoms with E-state index in [0.717, 1.165) is 228 Å². The van der Waals surface area contributed by atoms with Gasteiger partial charge >= 0.3 is 18.3 Å². The van der Waals surface area contributed by atoms with Gasteiger partial charge in [-0.1, -0.05) is 166 Å². The minimum atomic E-state index is -0.519. The van der Waals surface area contributed by atoms with E-state index in [1.54, 1.807) is 13.8 Å². The largest absolute Gasteiger partial charge is 0.444 e. The number of carbonyl (C=O) groups is 10. The molecule has 12 saturated heterocycles.